The first-order chi connectivity index (χ1) is 10.7. The van der Waals surface area contributed by atoms with Crippen molar-refractivity contribution in [3.05, 3.63) is 11.1 Å². The molecule has 23 heavy (non-hydrogen) atoms. The average Bonchev–Trinajstić information content (AvgIpc) is 2.84. The van der Waals surface area contributed by atoms with Gasteiger partial charge in [-0.3, -0.25) is 9.59 Å². The van der Waals surface area contributed by atoms with E-state index in [1.807, 2.05) is 13.8 Å². The lowest BCUT2D eigenvalue weighted by molar-refractivity contribution is -0.142. The van der Waals surface area contributed by atoms with Crippen LogP contribution in [0.2, 0.25) is 0 Å². The molecule has 1 aromatic heterocycles. The number of aromatic nitrogens is 1. The van der Waals surface area contributed by atoms with Crippen LogP contribution >= 0.6 is 11.3 Å². The fourth-order valence-corrected chi connectivity index (χ4v) is 2.51. The molecular formula is C15H23N3O4S. The normalized spacial score (nSPS) is 12.3. The van der Waals surface area contributed by atoms with Gasteiger partial charge in [-0.2, -0.15) is 0 Å². The molecule has 2 amide bonds. The predicted molar refractivity (Wildman–Crippen MR) is 88.3 cm³/mol. The number of carbonyl (C=O) groups excluding carboxylic acids is 2. The van der Waals surface area contributed by atoms with Crippen molar-refractivity contribution >= 4 is 34.3 Å². The molecule has 0 aliphatic heterocycles. The van der Waals surface area contributed by atoms with Crippen LogP contribution in [-0.2, 0) is 20.8 Å². The van der Waals surface area contributed by atoms with Crippen LogP contribution < -0.4 is 10.6 Å². The van der Waals surface area contributed by atoms with Gasteiger partial charge in [-0.15, -0.1) is 11.3 Å². The van der Waals surface area contributed by atoms with E-state index in [4.69, 9.17) is 5.11 Å². The molecule has 128 valence electrons. The zero-order valence-electron chi connectivity index (χ0n) is 13.8. The Bertz CT molecular complexity index is 569. The number of hydrogen-bond donors (Lipinski definition) is 3. The summed E-state index contributed by atoms with van der Waals surface area (Å²) in [6.45, 7) is 7.34. The molecule has 7 nitrogen and oxygen atoms in total. The van der Waals surface area contributed by atoms with Crippen molar-refractivity contribution < 1.29 is 19.5 Å². The molecular weight excluding hydrogens is 318 g/mol. The fraction of sp³-hybridized carbons (Fsp3) is 0.600. The van der Waals surface area contributed by atoms with E-state index in [0.717, 1.165) is 0 Å². The van der Waals surface area contributed by atoms with Gasteiger partial charge in [-0.05, 0) is 12.3 Å². The smallest absolute Gasteiger partial charge is 0.326 e. The monoisotopic (exact) mass is 341 g/mol. The second-order valence-corrected chi connectivity index (χ2v) is 6.91. The highest BCUT2D eigenvalue weighted by Crippen LogP contribution is 2.17. The van der Waals surface area contributed by atoms with Gasteiger partial charge in [0, 0.05) is 11.3 Å². The van der Waals surface area contributed by atoms with Crippen LogP contribution in [0, 0.1) is 11.8 Å². The Kier molecular flexibility index (Phi) is 7.15. The number of hydrogen-bond acceptors (Lipinski definition) is 5. The molecule has 0 radical (unpaired) electrons. The largest absolute Gasteiger partial charge is 0.480 e. The van der Waals surface area contributed by atoms with Gasteiger partial charge in [0.25, 0.3) is 0 Å². The van der Waals surface area contributed by atoms with E-state index in [2.05, 4.69) is 15.6 Å². The average molecular weight is 341 g/mol. The molecule has 1 aromatic rings. The Morgan fingerprint density at radius 1 is 1.26 bits per heavy atom. The molecule has 0 saturated carbocycles. The standard InChI is InChI=1S/C15H23N3O4S/c1-8(2)5-11(14(21)22)17-12(19)6-10-7-23-15(16-10)18-13(20)9(3)4/h7-9,11H,5-6H2,1-4H3,(H,17,19)(H,21,22)(H,16,18,20). The van der Waals surface area contributed by atoms with Crippen LogP contribution in [0.3, 0.4) is 0 Å². The minimum Gasteiger partial charge on any atom is -0.480 e. The zero-order chi connectivity index (χ0) is 17.6. The SMILES string of the molecule is CC(C)CC(NC(=O)Cc1csc(NC(=O)C(C)C)n1)C(=O)O. The minimum atomic E-state index is -1.05. The summed E-state index contributed by atoms with van der Waals surface area (Å²) < 4.78 is 0. The number of amides is 2. The molecule has 3 N–H and O–H groups in total. The van der Waals surface area contributed by atoms with Gasteiger partial charge in [-0.25, -0.2) is 9.78 Å². The van der Waals surface area contributed by atoms with Crippen LogP contribution in [0.1, 0.15) is 39.8 Å². The molecule has 0 saturated heterocycles. The summed E-state index contributed by atoms with van der Waals surface area (Å²) in [5, 5.41) is 16.4. The molecule has 1 rings (SSSR count). The van der Waals surface area contributed by atoms with E-state index < -0.39 is 17.9 Å². The van der Waals surface area contributed by atoms with Gasteiger partial charge in [-0.1, -0.05) is 27.7 Å². The van der Waals surface area contributed by atoms with E-state index in [0.29, 0.717) is 17.2 Å². The van der Waals surface area contributed by atoms with Crippen molar-refractivity contribution in [3.63, 3.8) is 0 Å². The third-order valence-corrected chi connectivity index (χ3v) is 3.79. The molecule has 1 heterocycles. The molecule has 0 fully saturated rings. The lowest BCUT2D eigenvalue weighted by Gasteiger charge is -2.16. The lowest BCUT2D eigenvalue weighted by atomic mass is 10.0. The third-order valence-electron chi connectivity index (χ3n) is 2.99. The summed E-state index contributed by atoms with van der Waals surface area (Å²) >= 11 is 1.23. The maximum absolute atomic E-state index is 12.0. The van der Waals surface area contributed by atoms with Gasteiger partial charge in [0.1, 0.15) is 6.04 Å². The molecule has 0 aromatic carbocycles. The number of rotatable bonds is 8. The summed E-state index contributed by atoms with van der Waals surface area (Å²) in [7, 11) is 0. The first-order valence-corrected chi connectivity index (χ1v) is 8.34. The molecule has 0 spiro atoms. The highest BCUT2D eigenvalue weighted by molar-refractivity contribution is 7.13. The number of thiazole rings is 1. The second kappa shape index (κ2) is 8.61. The van der Waals surface area contributed by atoms with Crippen LogP contribution in [-0.4, -0.2) is 33.9 Å². The van der Waals surface area contributed by atoms with Gasteiger partial charge in [0.2, 0.25) is 11.8 Å². The van der Waals surface area contributed by atoms with Crippen LogP contribution in [0.4, 0.5) is 5.13 Å². The van der Waals surface area contributed by atoms with Crippen LogP contribution in [0.25, 0.3) is 0 Å². The zero-order valence-corrected chi connectivity index (χ0v) is 14.6. The molecule has 1 unspecified atom stereocenters. The minimum absolute atomic E-state index is 0.0179. The first kappa shape index (κ1) is 19.1. The number of nitrogens with zero attached hydrogens (tertiary/aromatic N) is 1. The second-order valence-electron chi connectivity index (χ2n) is 6.05. The molecule has 0 aliphatic carbocycles. The van der Waals surface area contributed by atoms with Crippen LogP contribution in [0.15, 0.2) is 5.38 Å². The lowest BCUT2D eigenvalue weighted by Crippen LogP contribution is -2.42. The van der Waals surface area contributed by atoms with E-state index in [-0.39, 0.29) is 24.2 Å². The van der Waals surface area contributed by atoms with E-state index in [1.54, 1.807) is 19.2 Å². The summed E-state index contributed by atoms with van der Waals surface area (Å²) in [6.07, 6.45) is 0.351. The highest BCUT2D eigenvalue weighted by Gasteiger charge is 2.21. The van der Waals surface area contributed by atoms with Crippen molar-refractivity contribution in [2.24, 2.45) is 11.8 Å². The van der Waals surface area contributed by atoms with Crippen molar-refractivity contribution in [2.75, 3.05) is 5.32 Å². The highest BCUT2D eigenvalue weighted by atomic mass is 32.1. The van der Waals surface area contributed by atoms with Gasteiger partial charge >= 0.3 is 5.97 Å². The Morgan fingerprint density at radius 3 is 2.43 bits per heavy atom. The Hall–Kier alpha value is -1.96. The number of carbonyl (C=O) groups is 3. The van der Waals surface area contributed by atoms with Crippen molar-refractivity contribution in [3.8, 4) is 0 Å². The number of carboxylic acids is 1. The summed E-state index contributed by atoms with van der Waals surface area (Å²) in [6, 6.07) is -0.902. The van der Waals surface area contributed by atoms with Crippen molar-refractivity contribution in [2.45, 2.75) is 46.6 Å². The van der Waals surface area contributed by atoms with E-state index in [1.165, 1.54) is 11.3 Å². The van der Waals surface area contributed by atoms with E-state index >= 15 is 0 Å². The Balaban J connectivity index is 2.58. The first-order valence-electron chi connectivity index (χ1n) is 7.46. The van der Waals surface area contributed by atoms with Gasteiger partial charge in [0.15, 0.2) is 5.13 Å². The van der Waals surface area contributed by atoms with Crippen molar-refractivity contribution in [1.82, 2.24) is 10.3 Å². The number of aliphatic carboxylic acids is 1. The van der Waals surface area contributed by atoms with Gasteiger partial charge in [0.05, 0.1) is 12.1 Å². The third kappa shape index (κ3) is 6.77. The van der Waals surface area contributed by atoms with Gasteiger partial charge < -0.3 is 15.7 Å². The quantitative estimate of drug-likeness (QED) is 0.669. The Labute approximate surface area is 139 Å². The topological polar surface area (TPSA) is 108 Å². The molecule has 0 bridgehead atoms. The maximum atomic E-state index is 12.0. The number of anilines is 1. The molecule has 8 heteroatoms. The maximum Gasteiger partial charge on any atom is 0.326 e. The number of nitrogens with one attached hydrogen (secondary N) is 2. The summed E-state index contributed by atoms with van der Waals surface area (Å²) in [4.78, 5) is 38.8. The molecule has 0 aliphatic rings. The predicted octanol–water partition coefficient (Wildman–Crippen LogP) is 1.90. The summed E-state index contributed by atoms with van der Waals surface area (Å²) in [5.41, 5.74) is 0.500. The van der Waals surface area contributed by atoms with Crippen LogP contribution in [0.5, 0.6) is 0 Å². The summed E-state index contributed by atoms with van der Waals surface area (Å²) in [5.74, 6) is -1.58. The Morgan fingerprint density at radius 2 is 1.91 bits per heavy atom. The number of carboxylic acid groups (broad SMARTS) is 1. The van der Waals surface area contributed by atoms with Crippen molar-refractivity contribution in [1.29, 1.82) is 0 Å². The molecule has 1 atom stereocenters. The van der Waals surface area contributed by atoms with E-state index in [9.17, 15) is 14.4 Å². The fourth-order valence-electron chi connectivity index (χ4n) is 1.80.